The van der Waals surface area contributed by atoms with Gasteiger partial charge in [-0.1, -0.05) is 12.1 Å². The molecule has 33 heavy (non-hydrogen) atoms. The summed E-state index contributed by atoms with van der Waals surface area (Å²) in [7, 11) is 5.42. The number of ether oxygens (including phenoxy) is 3. The van der Waals surface area contributed by atoms with Crippen molar-refractivity contribution in [3.05, 3.63) is 70.7 Å². The van der Waals surface area contributed by atoms with Gasteiger partial charge in [0.05, 0.1) is 19.1 Å². The van der Waals surface area contributed by atoms with Crippen molar-refractivity contribution in [3.8, 4) is 17.4 Å². The third kappa shape index (κ3) is 4.74. The van der Waals surface area contributed by atoms with E-state index >= 15 is 0 Å². The number of allylic oxidation sites excluding steroid dienone is 1. The number of esters is 1. The van der Waals surface area contributed by atoms with Crippen molar-refractivity contribution in [2.45, 2.75) is 19.8 Å². The maximum absolute atomic E-state index is 12.8. The summed E-state index contributed by atoms with van der Waals surface area (Å²) in [5.74, 6) is 1.22. The Labute approximate surface area is 191 Å². The summed E-state index contributed by atoms with van der Waals surface area (Å²) < 4.78 is 21.4. The number of aromatic nitrogens is 1. The number of anilines is 1. The molecule has 0 atom stereocenters. The zero-order valence-corrected chi connectivity index (χ0v) is 18.9. The quantitative estimate of drug-likeness (QED) is 0.302. The van der Waals surface area contributed by atoms with Gasteiger partial charge in [0.25, 0.3) is 5.88 Å². The van der Waals surface area contributed by atoms with Crippen molar-refractivity contribution in [2.24, 2.45) is 0 Å². The lowest BCUT2D eigenvalue weighted by atomic mass is 10.1. The normalized spacial score (nSPS) is 13.6. The van der Waals surface area contributed by atoms with Gasteiger partial charge in [0, 0.05) is 37.8 Å². The van der Waals surface area contributed by atoms with Crippen LogP contribution in [0.25, 0.3) is 6.08 Å². The Balaban J connectivity index is 1.45. The molecular formula is C25H24N2O6. The van der Waals surface area contributed by atoms with E-state index < -0.39 is 5.97 Å². The summed E-state index contributed by atoms with van der Waals surface area (Å²) in [6.07, 6.45) is 2.13. The smallest absolute Gasteiger partial charge is 0.311 e. The van der Waals surface area contributed by atoms with Crippen LogP contribution in [0.2, 0.25) is 0 Å². The Bertz CT molecular complexity index is 1220. The van der Waals surface area contributed by atoms with E-state index in [1.165, 1.54) is 7.11 Å². The minimum atomic E-state index is -0.436. The highest BCUT2D eigenvalue weighted by atomic mass is 16.5. The van der Waals surface area contributed by atoms with E-state index in [1.54, 1.807) is 31.2 Å². The zero-order chi connectivity index (χ0) is 23.5. The Morgan fingerprint density at radius 1 is 1.15 bits per heavy atom. The number of hydrogen-bond donors (Lipinski definition) is 0. The second-order valence-electron chi connectivity index (χ2n) is 7.80. The number of nitrogens with zero attached hydrogens (tertiary/aromatic N) is 2. The molecule has 3 aromatic rings. The molecule has 1 aliphatic rings. The van der Waals surface area contributed by atoms with Crippen LogP contribution in [0, 0.1) is 6.92 Å². The number of hydrogen-bond acceptors (Lipinski definition) is 8. The van der Waals surface area contributed by atoms with Gasteiger partial charge in [0.15, 0.2) is 5.76 Å². The second kappa shape index (κ2) is 9.20. The van der Waals surface area contributed by atoms with Gasteiger partial charge in [-0.15, -0.1) is 0 Å². The fourth-order valence-corrected chi connectivity index (χ4v) is 3.41. The van der Waals surface area contributed by atoms with Crippen molar-refractivity contribution in [1.82, 2.24) is 5.16 Å². The van der Waals surface area contributed by atoms with Crippen LogP contribution >= 0.6 is 0 Å². The van der Waals surface area contributed by atoms with Gasteiger partial charge in [-0.3, -0.25) is 9.59 Å². The van der Waals surface area contributed by atoms with Crippen molar-refractivity contribution < 1.29 is 28.3 Å². The molecule has 2 aromatic carbocycles. The number of ketones is 1. The van der Waals surface area contributed by atoms with Crippen molar-refractivity contribution in [3.63, 3.8) is 0 Å². The number of fused-ring (bicyclic) bond motifs is 1. The number of carbonyl (C=O) groups excluding carboxylic acids is 2. The Kier molecular flexibility index (Phi) is 6.17. The fraction of sp³-hybridized carbons (Fsp3) is 0.240. The minimum absolute atomic E-state index is 0.1000. The number of carbonyl (C=O) groups is 2. The Hall–Kier alpha value is -4.07. The maximum Gasteiger partial charge on any atom is 0.311 e. The van der Waals surface area contributed by atoms with Crippen molar-refractivity contribution in [1.29, 1.82) is 0 Å². The lowest BCUT2D eigenvalue weighted by Gasteiger charge is -2.12. The van der Waals surface area contributed by atoms with Crippen LogP contribution in [0.4, 0.5) is 5.69 Å². The van der Waals surface area contributed by atoms with Crippen LogP contribution in [0.3, 0.4) is 0 Å². The monoisotopic (exact) mass is 448 g/mol. The standard InChI is InChI=1S/C25H24N2O6/c1-15-20(31-23(28)12-9-18-14-22(30-4)26-33-18)11-10-19-24(29)21(32-25(15)19)13-16-5-7-17(8-6-16)27(2)3/h5-8,10-11,13-14H,9,12H2,1-4H3/b21-13-. The van der Waals surface area contributed by atoms with E-state index in [0.717, 1.165) is 11.3 Å². The molecule has 0 amide bonds. The highest BCUT2D eigenvalue weighted by Crippen LogP contribution is 2.39. The van der Waals surface area contributed by atoms with E-state index in [9.17, 15) is 9.59 Å². The predicted molar refractivity (Wildman–Crippen MR) is 122 cm³/mol. The van der Waals surface area contributed by atoms with Gasteiger partial charge in [-0.05, 0) is 48.0 Å². The molecule has 0 N–H and O–H groups in total. The Morgan fingerprint density at radius 2 is 1.91 bits per heavy atom. The van der Waals surface area contributed by atoms with Gasteiger partial charge >= 0.3 is 5.97 Å². The lowest BCUT2D eigenvalue weighted by molar-refractivity contribution is -0.134. The Morgan fingerprint density at radius 3 is 2.58 bits per heavy atom. The van der Waals surface area contributed by atoms with Gasteiger partial charge in [0.2, 0.25) is 5.78 Å². The largest absolute Gasteiger partial charge is 0.479 e. The fourth-order valence-electron chi connectivity index (χ4n) is 3.41. The third-order valence-electron chi connectivity index (χ3n) is 5.29. The van der Waals surface area contributed by atoms with E-state index in [2.05, 4.69) is 5.16 Å². The van der Waals surface area contributed by atoms with Crippen LogP contribution in [0.1, 0.15) is 33.7 Å². The maximum atomic E-state index is 12.8. The predicted octanol–water partition coefficient (Wildman–Crippen LogP) is 4.21. The molecule has 8 nitrogen and oxygen atoms in total. The SMILES string of the molecule is COc1cc(CCC(=O)Oc2ccc3c(c2C)O/C(=C\c2ccc(N(C)C)cc2)C3=O)on1. The molecule has 0 spiro atoms. The molecule has 0 fully saturated rings. The number of aryl methyl sites for hydroxylation is 1. The molecule has 1 aliphatic heterocycles. The first-order valence-corrected chi connectivity index (χ1v) is 10.4. The first kappa shape index (κ1) is 22.1. The minimum Gasteiger partial charge on any atom is -0.479 e. The molecule has 2 heterocycles. The first-order chi connectivity index (χ1) is 15.9. The number of Topliss-reactive ketones (excluding diaryl/α,β-unsaturated/α-hetero) is 1. The van der Waals surface area contributed by atoms with Gasteiger partial charge in [-0.25, -0.2) is 0 Å². The molecule has 8 heteroatoms. The highest BCUT2D eigenvalue weighted by Gasteiger charge is 2.30. The topological polar surface area (TPSA) is 91.1 Å². The van der Waals surface area contributed by atoms with Gasteiger partial charge in [-0.2, -0.15) is 0 Å². The molecule has 170 valence electrons. The van der Waals surface area contributed by atoms with E-state index in [-0.39, 0.29) is 18.0 Å². The summed E-state index contributed by atoms with van der Waals surface area (Å²) in [6.45, 7) is 1.75. The summed E-state index contributed by atoms with van der Waals surface area (Å²) in [5, 5.41) is 3.70. The van der Waals surface area contributed by atoms with Crippen LogP contribution in [0.15, 0.2) is 52.7 Å². The van der Waals surface area contributed by atoms with Crippen LogP contribution in [-0.4, -0.2) is 38.1 Å². The molecule has 0 saturated heterocycles. The van der Waals surface area contributed by atoms with E-state index in [4.69, 9.17) is 18.7 Å². The first-order valence-electron chi connectivity index (χ1n) is 10.4. The lowest BCUT2D eigenvalue weighted by Crippen LogP contribution is -2.10. The summed E-state index contributed by atoms with van der Waals surface area (Å²) in [4.78, 5) is 27.1. The van der Waals surface area contributed by atoms with Crippen molar-refractivity contribution in [2.75, 3.05) is 26.1 Å². The second-order valence-corrected chi connectivity index (χ2v) is 7.80. The summed E-state index contributed by atoms with van der Waals surface area (Å²) in [6, 6.07) is 12.6. The molecule has 0 saturated carbocycles. The van der Waals surface area contributed by atoms with Crippen molar-refractivity contribution >= 4 is 23.5 Å². The summed E-state index contributed by atoms with van der Waals surface area (Å²) in [5.41, 5.74) is 2.94. The molecule has 4 rings (SSSR count). The molecule has 0 unspecified atom stereocenters. The molecule has 1 aromatic heterocycles. The number of benzene rings is 2. The average molecular weight is 448 g/mol. The number of rotatable bonds is 7. The van der Waals surface area contributed by atoms with Crippen LogP contribution < -0.4 is 19.1 Å². The van der Waals surface area contributed by atoms with Crippen LogP contribution in [0.5, 0.6) is 17.4 Å². The zero-order valence-electron chi connectivity index (χ0n) is 18.9. The van der Waals surface area contributed by atoms with Crippen LogP contribution in [-0.2, 0) is 11.2 Å². The number of methoxy groups -OCH3 is 1. The van der Waals surface area contributed by atoms with Gasteiger partial charge < -0.3 is 23.6 Å². The summed E-state index contributed by atoms with van der Waals surface area (Å²) >= 11 is 0. The molecule has 0 radical (unpaired) electrons. The highest BCUT2D eigenvalue weighted by molar-refractivity contribution is 6.15. The third-order valence-corrected chi connectivity index (χ3v) is 5.29. The molecule has 0 bridgehead atoms. The molecule has 0 aliphatic carbocycles. The van der Waals surface area contributed by atoms with E-state index in [1.807, 2.05) is 43.3 Å². The van der Waals surface area contributed by atoms with E-state index in [0.29, 0.717) is 40.7 Å². The van der Waals surface area contributed by atoms with Gasteiger partial charge in [0.1, 0.15) is 17.3 Å². The molecular weight excluding hydrogens is 424 g/mol. The average Bonchev–Trinajstić information content (AvgIpc) is 3.40.